The van der Waals surface area contributed by atoms with Crippen LogP contribution in [0.3, 0.4) is 0 Å². The Kier molecular flexibility index (Phi) is 2.79. The molecule has 17 heavy (non-hydrogen) atoms. The normalized spacial score (nSPS) is 40.7. The maximum absolute atomic E-state index is 11.1. The van der Waals surface area contributed by atoms with E-state index in [0.717, 1.165) is 19.5 Å². The molecule has 2 saturated heterocycles. The number of aliphatic carboxylic acids is 1. The van der Waals surface area contributed by atoms with Crippen molar-refractivity contribution in [1.82, 2.24) is 4.90 Å². The van der Waals surface area contributed by atoms with Gasteiger partial charge in [0.2, 0.25) is 0 Å². The van der Waals surface area contributed by atoms with Crippen molar-refractivity contribution in [1.29, 1.82) is 0 Å². The molecule has 0 aromatic carbocycles. The average molecular weight is 233 g/mol. The molecule has 1 N–H and O–H groups in total. The Morgan fingerprint density at radius 3 is 2.94 bits per heavy atom. The van der Waals surface area contributed by atoms with Gasteiger partial charge in [0, 0.05) is 12.6 Å². The zero-order valence-corrected chi connectivity index (χ0v) is 9.96. The van der Waals surface area contributed by atoms with E-state index in [1.165, 1.54) is 12.8 Å². The summed E-state index contributed by atoms with van der Waals surface area (Å²) in [7, 11) is 0. The SMILES string of the molecule is O=C(O)C1CC2C3C=CC=CC3CCCN2C1. The summed E-state index contributed by atoms with van der Waals surface area (Å²) in [6.07, 6.45) is 12.1. The van der Waals surface area contributed by atoms with Crippen molar-refractivity contribution < 1.29 is 9.90 Å². The molecule has 0 aromatic heterocycles. The summed E-state index contributed by atoms with van der Waals surface area (Å²) in [6.45, 7) is 1.82. The van der Waals surface area contributed by atoms with Gasteiger partial charge < -0.3 is 5.11 Å². The van der Waals surface area contributed by atoms with Gasteiger partial charge in [-0.2, -0.15) is 0 Å². The molecule has 2 heterocycles. The third-order valence-electron chi connectivity index (χ3n) is 4.52. The van der Waals surface area contributed by atoms with Crippen LogP contribution in [-0.4, -0.2) is 35.1 Å². The van der Waals surface area contributed by atoms with Crippen LogP contribution in [0, 0.1) is 17.8 Å². The van der Waals surface area contributed by atoms with E-state index in [1.807, 2.05) is 0 Å². The van der Waals surface area contributed by atoms with Crippen LogP contribution in [0.1, 0.15) is 19.3 Å². The first-order chi connectivity index (χ1) is 8.25. The molecule has 0 amide bonds. The van der Waals surface area contributed by atoms with Gasteiger partial charge in [-0.25, -0.2) is 0 Å². The number of rotatable bonds is 1. The van der Waals surface area contributed by atoms with Crippen molar-refractivity contribution in [3.05, 3.63) is 24.3 Å². The van der Waals surface area contributed by atoms with E-state index >= 15 is 0 Å². The van der Waals surface area contributed by atoms with E-state index in [-0.39, 0.29) is 5.92 Å². The fourth-order valence-electron chi connectivity index (χ4n) is 3.67. The summed E-state index contributed by atoms with van der Waals surface area (Å²) in [4.78, 5) is 13.5. The molecule has 2 aliphatic heterocycles. The Bertz CT molecular complexity index is 374. The van der Waals surface area contributed by atoms with E-state index < -0.39 is 5.97 Å². The maximum Gasteiger partial charge on any atom is 0.307 e. The highest BCUT2D eigenvalue weighted by atomic mass is 16.4. The number of allylic oxidation sites excluding steroid dienone is 3. The van der Waals surface area contributed by atoms with Crippen LogP contribution in [0.25, 0.3) is 0 Å². The molecule has 4 unspecified atom stereocenters. The van der Waals surface area contributed by atoms with Crippen LogP contribution in [0.2, 0.25) is 0 Å². The zero-order chi connectivity index (χ0) is 11.8. The van der Waals surface area contributed by atoms with Gasteiger partial charge in [-0.05, 0) is 37.6 Å². The molecule has 0 spiro atoms. The number of carboxylic acid groups (broad SMARTS) is 1. The molecule has 0 aromatic rings. The molecule has 3 rings (SSSR count). The third kappa shape index (κ3) is 1.93. The fraction of sp³-hybridized carbons (Fsp3) is 0.643. The summed E-state index contributed by atoms with van der Waals surface area (Å²) in [5, 5.41) is 9.17. The van der Waals surface area contributed by atoms with Crippen LogP contribution in [-0.2, 0) is 4.79 Å². The molecule has 1 aliphatic carbocycles. The first-order valence-electron chi connectivity index (χ1n) is 6.57. The van der Waals surface area contributed by atoms with Crippen LogP contribution in [0.15, 0.2) is 24.3 Å². The number of carbonyl (C=O) groups is 1. The maximum atomic E-state index is 11.1. The molecule has 0 radical (unpaired) electrons. The largest absolute Gasteiger partial charge is 0.481 e. The minimum atomic E-state index is -0.620. The molecule has 3 nitrogen and oxygen atoms in total. The molecule has 4 atom stereocenters. The lowest BCUT2D eigenvalue weighted by Gasteiger charge is -2.31. The molecule has 3 aliphatic rings. The standard InChI is InChI=1S/C14H19NO2/c16-14(17)11-8-13-12-6-2-1-4-10(12)5-3-7-15(13)9-11/h1-2,4,6,10-13H,3,5,7-9H2,(H,16,17). The van der Waals surface area contributed by atoms with Crippen LogP contribution in [0.5, 0.6) is 0 Å². The molecule has 0 saturated carbocycles. The van der Waals surface area contributed by atoms with Gasteiger partial charge in [-0.3, -0.25) is 9.69 Å². The zero-order valence-electron chi connectivity index (χ0n) is 9.96. The van der Waals surface area contributed by atoms with Crippen molar-refractivity contribution in [3.8, 4) is 0 Å². The van der Waals surface area contributed by atoms with Crippen molar-refractivity contribution in [2.24, 2.45) is 17.8 Å². The second-order valence-electron chi connectivity index (χ2n) is 5.49. The van der Waals surface area contributed by atoms with Crippen LogP contribution >= 0.6 is 0 Å². The van der Waals surface area contributed by atoms with E-state index in [0.29, 0.717) is 17.9 Å². The second kappa shape index (κ2) is 4.30. The minimum Gasteiger partial charge on any atom is -0.481 e. The Hall–Kier alpha value is -1.09. The Labute approximate surface area is 102 Å². The molecular formula is C14H19NO2. The first-order valence-corrected chi connectivity index (χ1v) is 6.57. The van der Waals surface area contributed by atoms with Crippen molar-refractivity contribution in [3.63, 3.8) is 0 Å². The van der Waals surface area contributed by atoms with E-state index in [9.17, 15) is 4.79 Å². The highest BCUT2D eigenvalue weighted by Crippen LogP contribution is 2.39. The summed E-state index contributed by atoms with van der Waals surface area (Å²) >= 11 is 0. The quantitative estimate of drug-likeness (QED) is 0.752. The van der Waals surface area contributed by atoms with Gasteiger partial charge in [-0.1, -0.05) is 24.3 Å². The fourth-order valence-corrected chi connectivity index (χ4v) is 3.67. The van der Waals surface area contributed by atoms with Crippen molar-refractivity contribution >= 4 is 5.97 Å². The minimum absolute atomic E-state index is 0.155. The predicted octanol–water partition coefficient (Wildman–Crippen LogP) is 1.91. The molecular weight excluding hydrogens is 214 g/mol. The van der Waals surface area contributed by atoms with E-state index in [2.05, 4.69) is 29.2 Å². The number of carboxylic acids is 1. The molecule has 3 heteroatoms. The first kappa shape index (κ1) is 11.0. The summed E-state index contributed by atoms with van der Waals surface area (Å²) in [5.74, 6) is 0.386. The number of hydrogen-bond donors (Lipinski definition) is 1. The lowest BCUT2D eigenvalue weighted by atomic mass is 9.80. The lowest BCUT2D eigenvalue weighted by Crippen LogP contribution is -2.35. The van der Waals surface area contributed by atoms with Gasteiger partial charge >= 0.3 is 5.97 Å². The third-order valence-corrected chi connectivity index (χ3v) is 4.52. The number of fused-ring (bicyclic) bond motifs is 3. The van der Waals surface area contributed by atoms with Crippen molar-refractivity contribution in [2.75, 3.05) is 13.1 Å². The Morgan fingerprint density at radius 1 is 1.29 bits per heavy atom. The molecule has 0 bridgehead atoms. The second-order valence-corrected chi connectivity index (χ2v) is 5.49. The van der Waals surface area contributed by atoms with E-state index in [4.69, 9.17) is 5.11 Å². The van der Waals surface area contributed by atoms with E-state index in [1.54, 1.807) is 0 Å². The van der Waals surface area contributed by atoms with Gasteiger partial charge in [0.15, 0.2) is 0 Å². The summed E-state index contributed by atoms with van der Waals surface area (Å²) in [5.41, 5.74) is 0. The summed E-state index contributed by atoms with van der Waals surface area (Å²) in [6, 6.07) is 0.449. The topological polar surface area (TPSA) is 40.5 Å². The van der Waals surface area contributed by atoms with Gasteiger partial charge in [0.1, 0.15) is 0 Å². The summed E-state index contributed by atoms with van der Waals surface area (Å²) < 4.78 is 0. The van der Waals surface area contributed by atoms with Crippen LogP contribution in [0.4, 0.5) is 0 Å². The monoisotopic (exact) mass is 233 g/mol. The van der Waals surface area contributed by atoms with Crippen molar-refractivity contribution in [2.45, 2.75) is 25.3 Å². The van der Waals surface area contributed by atoms with Crippen LogP contribution < -0.4 is 0 Å². The lowest BCUT2D eigenvalue weighted by molar-refractivity contribution is -0.141. The Morgan fingerprint density at radius 2 is 2.12 bits per heavy atom. The highest BCUT2D eigenvalue weighted by molar-refractivity contribution is 5.70. The van der Waals surface area contributed by atoms with Gasteiger partial charge in [0.25, 0.3) is 0 Å². The highest BCUT2D eigenvalue weighted by Gasteiger charge is 2.42. The Balaban J connectivity index is 1.82. The number of hydrogen-bond acceptors (Lipinski definition) is 2. The smallest absolute Gasteiger partial charge is 0.307 e. The predicted molar refractivity (Wildman–Crippen MR) is 65.6 cm³/mol. The molecule has 92 valence electrons. The number of nitrogens with zero attached hydrogens (tertiary/aromatic N) is 1. The van der Waals surface area contributed by atoms with Gasteiger partial charge in [0.05, 0.1) is 5.92 Å². The average Bonchev–Trinajstić information content (AvgIpc) is 2.67. The van der Waals surface area contributed by atoms with Gasteiger partial charge in [-0.15, -0.1) is 0 Å². The molecule has 2 fully saturated rings.